The van der Waals surface area contributed by atoms with E-state index in [4.69, 9.17) is 4.52 Å². The van der Waals surface area contributed by atoms with Gasteiger partial charge >= 0.3 is 0 Å². The van der Waals surface area contributed by atoms with Crippen molar-refractivity contribution in [3.8, 4) is 11.3 Å². The predicted molar refractivity (Wildman–Crippen MR) is 45.3 cm³/mol. The van der Waals surface area contributed by atoms with Crippen LogP contribution in [0, 0.1) is 0 Å². The van der Waals surface area contributed by atoms with Crippen molar-refractivity contribution >= 4 is 0 Å². The lowest BCUT2D eigenvalue weighted by Gasteiger charge is -1.90. The molecule has 0 bridgehead atoms. The summed E-state index contributed by atoms with van der Waals surface area (Å²) in [5.41, 5.74) is 0.669. The summed E-state index contributed by atoms with van der Waals surface area (Å²) in [5, 5.41) is 0. The minimum atomic E-state index is 0.0171. The van der Waals surface area contributed by atoms with E-state index in [1.54, 1.807) is 23.1 Å². The van der Waals surface area contributed by atoms with Crippen molar-refractivity contribution < 1.29 is 4.52 Å². The van der Waals surface area contributed by atoms with E-state index >= 15 is 0 Å². The van der Waals surface area contributed by atoms with Gasteiger partial charge in [-0.2, -0.15) is 0 Å². The van der Waals surface area contributed by atoms with E-state index in [0.29, 0.717) is 11.3 Å². The van der Waals surface area contributed by atoms with Gasteiger partial charge < -0.3 is 4.52 Å². The van der Waals surface area contributed by atoms with Crippen LogP contribution in [0.15, 0.2) is 33.7 Å². The summed E-state index contributed by atoms with van der Waals surface area (Å²) in [4.78, 5) is 11.2. The first-order chi connectivity index (χ1) is 5.81. The molecule has 0 radical (unpaired) electrons. The van der Waals surface area contributed by atoms with Gasteiger partial charge in [-0.05, 0) is 19.1 Å². The molecule has 3 heteroatoms. The van der Waals surface area contributed by atoms with Gasteiger partial charge in [0.25, 0.3) is 0 Å². The monoisotopic (exact) mass is 163 g/mol. The molecule has 2 aliphatic rings. The lowest BCUT2D eigenvalue weighted by atomic mass is 10.2. The molecule has 0 aromatic rings. The summed E-state index contributed by atoms with van der Waals surface area (Å²) in [7, 11) is 0. The summed E-state index contributed by atoms with van der Waals surface area (Å²) in [6.45, 7) is 2.71. The molecular weight excluding hydrogens is 154 g/mol. The van der Waals surface area contributed by atoms with Crippen LogP contribution in [0.1, 0.15) is 6.92 Å². The smallest absolute Gasteiger partial charge is 0.191 e. The van der Waals surface area contributed by atoms with Gasteiger partial charge in [-0.15, -0.1) is 0 Å². The third-order valence-electron chi connectivity index (χ3n) is 1.83. The van der Waals surface area contributed by atoms with Crippen LogP contribution in [0.2, 0.25) is 0 Å². The number of fused-ring (bicyclic) bond motifs is 1. The fraction of sp³-hybridized carbons (Fsp3) is 0.222. The number of rotatable bonds is 1. The lowest BCUT2D eigenvalue weighted by molar-refractivity contribution is 0.288. The van der Waals surface area contributed by atoms with Crippen LogP contribution in [-0.2, 0) is 6.54 Å². The number of nitrogens with zero attached hydrogens (tertiary/aromatic N) is 1. The molecule has 2 rings (SSSR count). The molecule has 1 heterocycles. The number of benzene rings is 1. The average molecular weight is 163 g/mol. The first kappa shape index (κ1) is 7.16. The summed E-state index contributed by atoms with van der Waals surface area (Å²) in [6.07, 6.45) is 1.73. The lowest BCUT2D eigenvalue weighted by Crippen LogP contribution is -1.99. The Morgan fingerprint density at radius 1 is 1.50 bits per heavy atom. The molecule has 0 fully saturated rings. The Morgan fingerprint density at radius 2 is 2.33 bits per heavy atom. The summed E-state index contributed by atoms with van der Waals surface area (Å²) in [6, 6.07) is 5.04. The number of hydrogen-bond donors (Lipinski definition) is 0. The van der Waals surface area contributed by atoms with Gasteiger partial charge in [-0.25, -0.2) is 4.74 Å². The number of aryl methyl sites for hydroxylation is 1. The Kier molecular flexibility index (Phi) is 1.50. The number of aromatic nitrogens is 1. The minimum Gasteiger partial charge on any atom is -0.379 e. The van der Waals surface area contributed by atoms with E-state index in [-0.39, 0.29) is 5.43 Å². The molecule has 0 aromatic heterocycles. The molecule has 1 aliphatic heterocycles. The van der Waals surface area contributed by atoms with Crippen LogP contribution >= 0.6 is 0 Å². The predicted octanol–water partition coefficient (Wildman–Crippen LogP) is 1.57. The van der Waals surface area contributed by atoms with E-state index in [0.717, 1.165) is 6.54 Å². The van der Waals surface area contributed by atoms with Crippen molar-refractivity contribution in [2.75, 3.05) is 0 Å². The van der Waals surface area contributed by atoms with Crippen LogP contribution in [0.5, 0.6) is 0 Å². The van der Waals surface area contributed by atoms with Crippen molar-refractivity contribution in [2.24, 2.45) is 0 Å². The zero-order valence-corrected chi connectivity index (χ0v) is 6.78. The maximum absolute atomic E-state index is 11.2. The molecule has 62 valence electrons. The SMILES string of the molecule is CCn1cc2c(=O)cccc-2o1. The van der Waals surface area contributed by atoms with Crippen molar-refractivity contribution in [2.45, 2.75) is 13.5 Å². The third kappa shape index (κ3) is 0.942. The first-order valence-corrected chi connectivity index (χ1v) is 3.91. The average Bonchev–Trinajstić information content (AvgIpc) is 2.49. The molecule has 0 amide bonds. The second kappa shape index (κ2) is 2.52. The molecular formula is C9H9NO2. The maximum atomic E-state index is 11.2. The van der Waals surface area contributed by atoms with Gasteiger partial charge in [0.05, 0.1) is 18.3 Å². The summed E-state index contributed by atoms with van der Waals surface area (Å²) >= 11 is 0. The van der Waals surface area contributed by atoms with Crippen molar-refractivity contribution in [3.63, 3.8) is 0 Å². The second-order valence-electron chi connectivity index (χ2n) is 2.62. The van der Waals surface area contributed by atoms with Crippen LogP contribution in [0.3, 0.4) is 0 Å². The zero-order chi connectivity index (χ0) is 8.55. The van der Waals surface area contributed by atoms with Gasteiger partial charge in [0.2, 0.25) is 0 Å². The quantitative estimate of drug-likeness (QED) is 0.639. The molecule has 1 aliphatic carbocycles. The van der Waals surface area contributed by atoms with E-state index in [2.05, 4.69) is 0 Å². The fourth-order valence-electron chi connectivity index (χ4n) is 1.18. The van der Waals surface area contributed by atoms with Gasteiger partial charge in [0.1, 0.15) is 0 Å². The standard InChI is InChI=1S/C9H9NO2/c1-2-10-6-7-8(11)4-3-5-9(7)12-10/h3-6H,2H2,1H3. The topological polar surface area (TPSA) is 35.1 Å². The molecule has 0 N–H and O–H groups in total. The van der Waals surface area contributed by atoms with Crippen molar-refractivity contribution in [1.29, 1.82) is 0 Å². The largest absolute Gasteiger partial charge is 0.379 e. The Balaban J connectivity index is 2.74. The molecule has 3 nitrogen and oxygen atoms in total. The molecule has 0 atom stereocenters. The van der Waals surface area contributed by atoms with Gasteiger partial charge in [-0.3, -0.25) is 4.79 Å². The fourth-order valence-corrected chi connectivity index (χ4v) is 1.18. The molecule has 12 heavy (non-hydrogen) atoms. The van der Waals surface area contributed by atoms with Crippen LogP contribution < -0.4 is 5.43 Å². The van der Waals surface area contributed by atoms with Gasteiger partial charge in [-0.1, -0.05) is 6.07 Å². The highest BCUT2D eigenvalue weighted by molar-refractivity contribution is 5.56. The molecule has 0 saturated heterocycles. The minimum absolute atomic E-state index is 0.0171. The molecule has 0 spiro atoms. The zero-order valence-electron chi connectivity index (χ0n) is 6.78. The van der Waals surface area contributed by atoms with Crippen molar-refractivity contribution in [1.82, 2.24) is 4.74 Å². The number of hydrogen-bond acceptors (Lipinski definition) is 2. The Morgan fingerprint density at radius 3 is 3.00 bits per heavy atom. The van der Waals surface area contributed by atoms with Crippen LogP contribution in [0.25, 0.3) is 11.3 Å². The van der Waals surface area contributed by atoms with E-state index < -0.39 is 0 Å². The van der Waals surface area contributed by atoms with Crippen LogP contribution in [-0.4, -0.2) is 4.74 Å². The maximum Gasteiger partial charge on any atom is 0.191 e. The second-order valence-corrected chi connectivity index (χ2v) is 2.62. The van der Waals surface area contributed by atoms with Crippen LogP contribution in [0.4, 0.5) is 0 Å². The highest BCUT2D eigenvalue weighted by Crippen LogP contribution is 2.17. The van der Waals surface area contributed by atoms with Crippen molar-refractivity contribution in [3.05, 3.63) is 34.6 Å². The Hall–Kier alpha value is -1.51. The summed E-state index contributed by atoms with van der Waals surface area (Å²) < 4.78 is 6.96. The van der Waals surface area contributed by atoms with E-state index in [1.807, 2.05) is 6.92 Å². The highest BCUT2D eigenvalue weighted by atomic mass is 16.5. The molecule has 0 unspecified atom stereocenters. The van der Waals surface area contributed by atoms with Gasteiger partial charge in [0, 0.05) is 0 Å². The Labute approximate surface area is 69.5 Å². The van der Waals surface area contributed by atoms with E-state index in [1.165, 1.54) is 6.07 Å². The molecule has 0 aromatic carbocycles. The highest BCUT2D eigenvalue weighted by Gasteiger charge is 2.09. The first-order valence-electron chi connectivity index (χ1n) is 3.91. The van der Waals surface area contributed by atoms with Gasteiger partial charge in [0.15, 0.2) is 11.2 Å². The summed E-state index contributed by atoms with van der Waals surface area (Å²) in [5.74, 6) is 0.657. The normalized spacial score (nSPS) is 10.8. The third-order valence-corrected chi connectivity index (χ3v) is 1.83. The molecule has 0 saturated carbocycles. The Bertz CT molecular complexity index is 413. The van der Waals surface area contributed by atoms with E-state index in [9.17, 15) is 4.79 Å².